The zero-order chi connectivity index (χ0) is 10.5. The molecule has 0 aliphatic heterocycles. The van der Waals surface area contributed by atoms with Gasteiger partial charge in [0.1, 0.15) is 5.82 Å². The van der Waals surface area contributed by atoms with Gasteiger partial charge in [0.2, 0.25) is 9.05 Å². The lowest BCUT2D eigenvalue weighted by molar-refractivity contribution is 0.615. The molecule has 0 N–H and O–H groups in total. The van der Waals surface area contributed by atoms with Gasteiger partial charge in [0.05, 0.1) is 11.3 Å². The second kappa shape index (κ2) is 5.42. The van der Waals surface area contributed by atoms with Crippen LogP contribution >= 0.6 is 22.3 Å². The molecule has 0 radical (unpaired) electrons. The van der Waals surface area contributed by atoms with Gasteiger partial charge >= 0.3 is 0 Å². The normalized spacial score (nSPS) is 10.2. The smallest absolute Gasteiger partial charge is 0.213 e. The van der Waals surface area contributed by atoms with Crippen LogP contribution in [0.25, 0.3) is 0 Å². The zero-order valence-corrected chi connectivity index (χ0v) is 9.00. The fraction of sp³-hybridized carbons (Fsp3) is 0.143. The molecule has 0 spiro atoms. The molecule has 0 unspecified atom stereocenters. The third kappa shape index (κ3) is 9.60. The van der Waals surface area contributed by atoms with E-state index in [1.165, 1.54) is 12.1 Å². The molecule has 0 atom stereocenters. The first-order chi connectivity index (χ1) is 5.80. The van der Waals surface area contributed by atoms with E-state index in [1.54, 1.807) is 12.1 Å². The van der Waals surface area contributed by atoms with E-state index in [-0.39, 0.29) is 10.8 Å². The molecule has 0 heterocycles. The van der Waals surface area contributed by atoms with Crippen LogP contribution in [0, 0.1) is 5.82 Å². The Morgan fingerprint density at radius 2 is 1.69 bits per heavy atom. The van der Waals surface area contributed by atoms with Crippen molar-refractivity contribution in [3.05, 3.63) is 35.1 Å². The molecule has 1 aromatic carbocycles. The van der Waals surface area contributed by atoms with Gasteiger partial charge in [-0.15, -0.1) is 0 Å². The first-order valence-corrected chi connectivity index (χ1v) is 6.20. The van der Waals surface area contributed by atoms with E-state index in [2.05, 4.69) is 10.7 Å². The summed E-state index contributed by atoms with van der Waals surface area (Å²) in [6.45, 7) is 0. The van der Waals surface area contributed by atoms with Crippen LogP contribution in [0.2, 0.25) is 5.02 Å². The Balaban J connectivity index is 0.000000252. The number of hydrogen-bond donors (Lipinski definition) is 0. The van der Waals surface area contributed by atoms with E-state index in [9.17, 15) is 12.8 Å². The number of hydrogen-bond acceptors (Lipinski definition) is 2. The van der Waals surface area contributed by atoms with Gasteiger partial charge < -0.3 is 0 Å². The minimum Gasteiger partial charge on any atom is -0.213 e. The second-order valence-electron chi connectivity index (χ2n) is 2.10. The highest BCUT2D eigenvalue weighted by atomic mass is 35.7. The van der Waals surface area contributed by atoms with E-state index >= 15 is 0 Å². The van der Waals surface area contributed by atoms with Crippen molar-refractivity contribution in [3.8, 4) is 0 Å². The molecule has 13 heavy (non-hydrogen) atoms. The topological polar surface area (TPSA) is 34.1 Å². The minimum absolute atomic E-state index is 0.174. The van der Waals surface area contributed by atoms with Gasteiger partial charge in [-0.2, -0.15) is 0 Å². The molecule has 0 aromatic heterocycles. The summed E-state index contributed by atoms with van der Waals surface area (Å²) in [5.74, 6) is -0.367. The molecule has 0 fully saturated rings. The molecule has 1 aromatic rings. The largest absolute Gasteiger partial charge is 0.229 e. The fourth-order valence-corrected chi connectivity index (χ4v) is 0.575. The standard InChI is InChI=1S/C6H4ClF.CH3ClO2S/c7-5-3-1-2-4-6(5)8;1-5(2,3)4/h1-4H;1H3. The van der Waals surface area contributed by atoms with Gasteiger partial charge in [-0.25, -0.2) is 12.8 Å². The molecule has 0 aliphatic carbocycles. The van der Waals surface area contributed by atoms with E-state index < -0.39 is 9.05 Å². The molecule has 0 saturated heterocycles. The van der Waals surface area contributed by atoms with Crippen molar-refractivity contribution in [3.63, 3.8) is 0 Å². The predicted octanol–water partition coefficient (Wildman–Crippen LogP) is 2.66. The summed E-state index contributed by atoms with van der Waals surface area (Å²) in [5, 5.41) is 0.174. The van der Waals surface area contributed by atoms with Crippen molar-refractivity contribution in [2.45, 2.75) is 0 Å². The predicted molar refractivity (Wildman–Crippen MR) is 52.1 cm³/mol. The second-order valence-corrected chi connectivity index (χ2v) is 5.55. The SMILES string of the molecule is CS(=O)(=O)Cl.Fc1ccccc1Cl. The maximum Gasteiger partial charge on any atom is 0.229 e. The molecule has 6 heteroatoms. The van der Waals surface area contributed by atoms with Crippen LogP contribution in [0.3, 0.4) is 0 Å². The van der Waals surface area contributed by atoms with Crippen LogP contribution in [0.15, 0.2) is 24.3 Å². The van der Waals surface area contributed by atoms with Crippen LogP contribution in [-0.4, -0.2) is 14.7 Å². The molecule has 2 nitrogen and oxygen atoms in total. The Morgan fingerprint density at radius 3 is 1.92 bits per heavy atom. The van der Waals surface area contributed by atoms with Crippen molar-refractivity contribution in [1.82, 2.24) is 0 Å². The highest BCUT2D eigenvalue weighted by Gasteiger charge is 1.91. The zero-order valence-electron chi connectivity index (χ0n) is 6.67. The summed E-state index contributed by atoms with van der Waals surface area (Å²) in [4.78, 5) is 0. The third-order valence-corrected chi connectivity index (χ3v) is 1.13. The van der Waals surface area contributed by atoms with Gasteiger partial charge in [-0.3, -0.25) is 0 Å². The first-order valence-electron chi connectivity index (χ1n) is 3.10. The third-order valence-electron chi connectivity index (χ3n) is 0.824. The van der Waals surface area contributed by atoms with Gasteiger partial charge in [0.25, 0.3) is 0 Å². The molecule has 1 rings (SSSR count). The van der Waals surface area contributed by atoms with E-state index in [0.29, 0.717) is 0 Å². The maximum atomic E-state index is 12.2. The Labute approximate surface area is 85.7 Å². The van der Waals surface area contributed by atoms with Crippen molar-refractivity contribution in [1.29, 1.82) is 0 Å². The van der Waals surface area contributed by atoms with Gasteiger partial charge in [0.15, 0.2) is 0 Å². The summed E-state index contributed by atoms with van der Waals surface area (Å²) >= 11 is 5.33. The molecule has 0 bridgehead atoms. The van der Waals surface area contributed by atoms with E-state index in [0.717, 1.165) is 6.26 Å². The van der Waals surface area contributed by atoms with Gasteiger partial charge in [-0.1, -0.05) is 23.7 Å². The number of benzene rings is 1. The average molecular weight is 245 g/mol. The van der Waals surface area contributed by atoms with Crippen LogP contribution < -0.4 is 0 Å². The monoisotopic (exact) mass is 244 g/mol. The Hall–Kier alpha value is -0.320. The summed E-state index contributed by atoms with van der Waals surface area (Å²) < 4.78 is 31.0. The Morgan fingerprint density at radius 1 is 1.31 bits per heavy atom. The summed E-state index contributed by atoms with van der Waals surface area (Å²) in [5.41, 5.74) is 0. The van der Waals surface area contributed by atoms with Crippen molar-refractivity contribution >= 4 is 31.3 Å². The van der Waals surface area contributed by atoms with Crippen molar-refractivity contribution in [2.24, 2.45) is 0 Å². The molecular formula is C7H7Cl2FO2S. The molecular weight excluding hydrogens is 238 g/mol. The number of rotatable bonds is 0. The van der Waals surface area contributed by atoms with Gasteiger partial charge in [-0.05, 0) is 12.1 Å². The summed E-state index contributed by atoms with van der Waals surface area (Å²) in [6, 6.07) is 6.12. The molecule has 74 valence electrons. The fourth-order valence-electron chi connectivity index (χ4n) is 0.439. The average Bonchev–Trinajstić information content (AvgIpc) is 1.92. The molecule has 0 aliphatic rings. The maximum absolute atomic E-state index is 12.2. The van der Waals surface area contributed by atoms with Crippen LogP contribution in [0.4, 0.5) is 4.39 Å². The lowest BCUT2D eigenvalue weighted by Crippen LogP contribution is -1.76. The quantitative estimate of drug-likeness (QED) is 0.658. The minimum atomic E-state index is -3.19. The lowest BCUT2D eigenvalue weighted by atomic mass is 10.4. The van der Waals surface area contributed by atoms with Crippen LogP contribution in [-0.2, 0) is 9.05 Å². The van der Waals surface area contributed by atoms with Crippen molar-refractivity contribution < 1.29 is 12.8 Å². The van der Waals surface area contributed by atoms with Crippen LogP contribution in [0.1, 0.15) is 0 Å². The Bertz CT molecular complexity index is 336. The number of halogens is 3. The van der Waals surface area contributed by atoms with E-state index in [4.69, 9.17) is 11.6 Å². The first kappa shape index (κ1) is 12.7. The summed E-state index contributed by atoms with van der Waals surface area (Å²) in [7, 11) is 1.31. The van der Waals surface area contributed by atoms with E-state index in [1.807, 2.05) is 0 Å². The Kier molecular flexibility index (Phi) is 5.29. The lowest BCUT2D eigenvalue weighted by Gasteiger charge is -1.86. The highest BCUT2D eigenvalue weighted by molar-refractivity contribution is 8.13. The van der Waals surface area contributed by atoms with Crippen LogP contribution in [0.5, 0.6) is 0 Å². The molecule has 0 saturated carbocycles. The molecule has 0 amide bonds. The highest BCUT2D eigenvalue weighted by Crippen LogP contribution is 2.11. The van der Waals surface area contributed by atoms with Gasteiger partial charge in [0, 0.05) is 10.7 Å². The summed E-state index contributed by atoms with van der Waals surface area (Å²) in [6.07, 6.45) is 0.925. The van der Waals surface area contributed by atoms with Crippen molar-refractivity contribution in [2.75, 3.05) is 6.26 Å².